The van der Waals surface area contributed by atoms with Crippen molar-refractivity contribution in [2.24, 2.45) is 4.99 Å². The Morgan fingerprint density at radius 2 is 2.05 bits per heavy atom. The molecule has 3 unspecified atom stereocenters. The maximum atomic E-state index is 12.8. The van der Waals surface area contributed by atoms with Crippen LogP contribution in [0.25, 0.3) is 0 Å². The summed E-state index contributed by atoms with van der Waals surface area (Å²) in [5.74, 6) is -0.00280. The summed E-state index contributed by atoms with van der Waals surface area (Å²) in [6, 6.07) is 7.53. The van der Waals surface area contributed by atoms with Crippen molar-refractivity contribution >= 4 is 51.1 Å². The van der Waals surface area contributed by atoms with Crippen LogP contribution in [-0.2, 0) is 19.4 Å². The zero-order valence-corrected chi connectivity index (χ0v) is 24.1. The minimum Gasteiger partial charge on any atom is -0.378 e. The highest BCUT2D eigenvalue weighted by atomic mass is 35.5. The Hall–Kier alpha value is -3.52. The van der Waals surface area contributed by atoms with Crippen molar-refractivity contribution in [1.29, 1.82) is 0 Å². The van der Waals surface area contributed by atoms with Gasteiger partial charge < -0.3 is 20.5 Å². The predicted molar refractivity (Wildman–Crippen MR) is 153 cm³/mol. The first kappa shape index (κ1) is 29.5. The van der Waals surface area contributed by atoms with Crippen LogP contribution in [0, 0.1) is 0 Å². The highest BCUT2D eigenvalue weighted by Gasteiger charge is 2.41. The van der Waals surface area contributed by atoms with Gasteiger partial charge in [-0.05, 0) is 56.2 Å². The number of aliphatic hydroxyl groups is 1. The summed E-state index contributed by atoms with van der Waals surface area (Å²) in [6.45, 7) is 5.75. The Bertz CT molecular complexity index is 1460. The van der Waals surface area contributed by atoms with E-state index in [0.29, 0.717) is 35.7 Å². The number of ether oxygens (including phenoxy) is 1. The van der Waals surface area contributed by atoms with E-state index in [0.717, 1.165) is 0 Å². The molecule has 14 heteroatoms. The molecule has 1 amide bonds. The third-order valence-corrected chi connectivity index (χ3v) is 9.24. The molecule has 3 atom stereocenters. The van der Waals surface area contributed by atoms with Gasteiger partial charge in [-0.3, -0.25) is 20.2 Å². The number of aliphatic imine (C=N–C) groups is 1. The lowest BCUT2D eigenvalue weighted by Crippen LogP contribution is -2.52. The van der Waals surface area contributed by atoms with Crippen molar-refractivity contribution in [3.05, 3.63) is 59.8 Å². The molecule has 0 radical (unpaired) electrons. The second-order valence-electron chi connectivity index (χ2n) is 9.51. The average Bonchev–Trinajstić information content (AvgIpc) is 2.95. The Morgan fingerprint density at radius 1 is 1.30 bits per heavy atom. The average molecular weight is 590 g/mol. The minimum atomic E-state index is -3.54. The molecule has 2 aliphatic rings. The van der Waals surface area contributed by atoms with E-state index in [1.165, 1.54) is 30.7 Å². The van der Waals surface area contributed by atoms with Crippen molar-refractivity contribution in [3.8, 4) is 0 Å². The maximum Gasteiger partial charge on any atom is 0.274 e. The SMILES string of the molecule is COC1(Cl)C=C(C(O)C(=O)N2CCN=CN2)C(C)=CC1Nc1nccc(Nc2ccccc2S(=O)(=O)C(C)C)n1. The highest BCUT2D eigenvalue weighted by Crippen LogP contribution is 2.36. The van der Waals surface area contributed by atoms with Crippen LogP contribution in [0.4, 0.5) is 17.5 Å². The first-order chi connectivity index (χ1) is 19.0. The number of alkyl halides is 1. The summed E-state index contributed by atoms with van der Waals surface area (Å²) in [5, 5.41) is 16.3. The van der Waals surface area contributed by atoms with E-state index in [-0.39, 0.29) is 10.8 Å². The number of hydrazine groups is 1. The Kier molecular flexibility index (Phi) is 8.78. The van der Waals surface area contributed by atoms with Crippen LogP contribution in [0.5, 0.6) is 0 Å². The van der Waals surface area contributed by atoms with E-state index >= 15 is 0 Å². The molecule has 0 saturated heterocycles. The summed E-state index contributed by atoms with van der Waals surface area (Å²) < 4.78 is 31.3. The zero-order chi connectivity index (χ0) is 29.1. The van der Waals surface area contributed by atoms with Crippen LogP contribution < -0.4 is 16.1 Å². The van der Waals surface area contributed by atoms with E-state index in [1.807, 2.05) is 0 Å². The number of rotatable bonds is 9. The number of benzene rings is 1. The number of para-hydroxylation sites is 1. The van der Waals surface area contributed by atoms with E-state index < -0.39 is 38.2 Å². The molecule has 0 saturated carbocycles. The number of carbonyl (C=O) groups is 1. The minimum absolute atomic E-state index is 0.168. The topological polar surface area (TPSA) is 158 Å². The number of hydrogen-bond acceptors (Lipinski definition) is 11. The standard InChI is InChI=1S/C26H32ClN7O5S/c1-16(2)40(37,38)20-8-6-5-7-19(20)31-22-9-10-29-25(33-22)32-21-13-17(3)18(14-26(21,27)39-4)23(35)24(36)34-12-11-28-15-30-34/h5-10,13-16,21,23,35H,11-12H2,1-4H3,(H,28,30)(H2,29,31,32,33). The lowest BCUT2D eigenvalue weighted by molar-refractivity contribution is -0.140. The van der Waals surface area contributed by atoms with Gasteiger partial charge in [0.1, 0.15) is 12.2 Å². The fourth-order valence-electron chi connectivity index (χ4n) is 4.19. The Labute approximate surface area is 238 Å². The third-order valence-electron chi connectivity index (χ3n) is 6.53. The van der Waals surface area contributed by atoms with Crippen LogP contribution in [-0.4, -0.2) is 83.4 Å². The molecule has 2 heterocycles. The normalized spacial score (nSPS) is 21.8. The number of carbonyl (C=O) groups excluding carboxylic acids is 1. The van der Waals surface area contributed by atoms with Gasteiger partial charge in [-0.2, -0.15) is 4.98 Å². The number of aliphatic hydroxyl groups excluding tert-OH is 1. The third kappa shape index (κ3) is 6.12. The van der Waals surface area contributed by atoms with Gasteiger partial charge in [-0.15, -0.1) is 0 Å². The summed E-state index contributed by atoms with van der Waals surface area (Å²) >= 11 is 6.82. The highest BCUT2D eigenvalue weighted by molar-refractivity contribution is 7.92. The number of sulfone groups is 1. The monoisotopic (exact) mass is 589 g/mol. The van der Waals surface area contributed by atoms with Gasteiger partial charge in [0.2, 0.25) is 5.95 Å². The van der Waals surface area contributed by atoms with Crippen molar-refractivity contribution in [2.45, 2.75) is 48.1 Å². The summed E-state index contributed by atoms with van der Waals surface area (Å²) in [7, 11) is -2.13. The smallest absolute Gasteiger partial charge is 0.274 e. The van der Waals surface area contributed by atoms with Gasteiger partial charge in [0.25, 0.3) is 5.91 Å². The van der Waals surface area contributed by atoms with Crippen molar-refractivity contribution in [3.63, 3.8) is 0 Å². The Morgan fingerprint density at radius 3 is 2.73 bits per heavy atom. The molecular weight excluding hydrogens is 558 g/mol. The van der Waals surface area contributed by atoms with E-state index in [9.17, 15) is 18.3 Å². The van der Waals surface area contributed by atoms with Crippen molar-refractivity contribution in [2.75, 3.05) is 30.8 Å². The largest absolute Gasteiger partial charge is 0.378 e. The number of aromatic nitrogens is 2. The first-order valence-corrected chi connectivity index (χ1v) is 14.5. The molecule has 1 aromatic heterocycles. The van der Waals surface area contributed by atoms with Crippen LogP contribution in [0.2, 0.25) is 0 Å². The second kappa shape index (κ2) is 11.9. The van der Waals surface area contributed by atoms with Gasteiger partial charge in [0.15, 0.2) is 21.0 Å². The fraction of sp³-hybridized carbons (Fsp3) is 0.385. The number of anilines is 3. The lowest BCUT2D eigenvalue weighted by atomic mass is 9.89. The molecule has 0 spiro atoms. The lowest BCUT2D eigenvalue weighted by Gasteiger charge is -2.36. The van der Waals surface area contributed by atoms with Crippen LogP contribution >= 0.6 is 11.6 Å². The van der Waals surface area contributed by atoms with E-state index in [1.54, 1.807) is 57.2 Å². The molecule has 214 valence electrons. The summed E-state index contributed by atoms with van der Waals surface area (Å²) in [5.41, 5.74) is 4.03. The molecule has 1 aromatic carbocycles. The van der Waals surface area contributed by atoms with Gasteiger partial charge in [-0.1, -0.05) is 29.8 Å². The van der Waals surface area contributed by atoms with E-state index in [2.05, 4.69) is 31.0 Å². The molecule has 4 N–H and O–H groups in total. The van der Waals surface area contributed by atoms with Crippen LogP contribution in [0.15, 0.2) is 69.7 Å². The molecule has 12 nitrogen and oxygen atoms in total. The van der Waals surface area contributed by atoms with Crippen LogP contribution in [0.1, 0.15) is 20.8 Å². The number of halogens is 1. The molecule has 1 aliphatic carbocycles. The zero-order valence-electron chi connectivity index (χ0n) is 22.5. The number of nitrogens with one attached hydrogen (secondary N) is 3. The van der Waals surface area contributed by atoms with Gasteiger partial charge in [-0.25, -0.2) is 13.4 Å². The number of hydrogen-bond donors (Lipinski definition) is 4. The molecule has 4 rings (SSSR count). The Balaban J connectivity index is 1.55. The van der Waals surface area contributed by atoms with Crippen LogP contribution in [0.3, 0.4) is 0 Å². The molecule has 0 fully saturated rings. The molecule has 2 aromatic rings. The van der Waals surface area contributed by atoms with Crippen molar-refractivity contribution < 1.29 is 23.1 Å². The van der Waals surface area contributed by atoms with E-state index in [4.69, 9.17) is 16.3 Å². The first-order valence-electron chi connectivity index (χ1n) is 12.6. The van der Waals surface area contributed by atoms with Gasteiger partial charge >= 0.3 is 0 Å². The van der Waals surface area contributed by atoms with Gasteiger partial charge in [0, 0.05) is 13.3 Å². The predicted octanol–water partition coefficient (Wildman–Crippen LogP) is 2.39. The molecule has 1 aliphatic heterocycles. The van der Waals surface area contributed by atoms with Crippen molar-refractivity contribution in [1.82, 2.24) is 20.4 Å². The molecule has 0 bridgehead atoms. The quantitative estimate of drug-likeness (QED) is 0.320. The second-order valence-corrected chi connectivity index (χ2v) is 12.6. The fourth-order valence-corrected chi connectivity index (χ4v) is 5.63. The molecule has 40 heavy (non-hydrogen) atoms. The summed E-state index contributed by atoms with van der Waals surface area (Å²) in [4.78, 5) is 25.8. The van der Waals surface area contributed by atoms with Gasteiger partial charge in [0.05, 0.1) is 35.0 Å². The number of nitrogens with zero attached hydrogens (tertiary/aromatic N) is 4. The number of methoxy groups -OCH3 is 1. The number of amides is 1. The molecular formula is C26H32ClN7O5S. The maximum absolute atomic E-state index is 12.8. The summed E-state index contributed by atoms with van der Waals surface area (Å²) in [6.07, 6.45) is 4.66.